The van der Waals surface area contributed by atoms with E-state index in [4.69, 9.17) is 0 Å². The van der Waals surface area contributed by atoms with Gasteiger partial charge in [0.1, 0.15) is 11.9 Å². The summed E-state index contributed by atoms with van der Waals surface area (Å²) in [6, 6.07) is 8.11. The molecule has 0 aromatic heterocycles. The van der Waals surface area contributed by atoms with Crippen LogP contribution in [0.2, 0.25) is 0 Å². The molecule has 0 saturated carbocycles. The van der Waals surface area contributed by atoms with Crippen molar-refractivity contribution < 1.29 is 17.9 Å². The molecular weight excluding hydrogens is 216 g/mol. The van der Waals surface area contributed by atoms with Gasteiger partial charge >= 0.3 is 5.97 Å². The maximum atomic E-state index is 11.9. The Labute approximate surface area is 87.8 Å². The summed E-state index contributed by atoms with van der Waals surface area (Å²) in [5.74, 6) is -0.445. The summed E-state index contributed by atoms with van der Waals surface area (Å²) in [7, 11) is -3.42. The van der Waals surface area contributed by atoms with Crippen LogP contribution >= 0.6 is 0 Å². The number of rotatable bonds is 2. The number of cyclic esters (lactones) is 1. The van der Waals surface area contributed by atoms with Crippen LogP contribution in [0.4, 0.5) is 0 Å². The molecule has 5 heteroatoms. The van der Waals surface area contributed by atoms with Gasteiger partial charge in [0.15, 0.2) is 9.84 Å². The van der Waals surface area contributed by atoms with Crippen molar-refractivity contribution >= 4 is 15.8 Å². The lowest BCUT2D eigenvalue weighted by Gasteiger charge is -2.07. The molecule has 0 bridgehead atoms. The van der Waals surface area contributed by atoms with E-state index in [0.717, 1.165) is 0 Å². The molecule has 0 spiro atoms. The minimum atomic E-state index is -3.42. The summed E-state index contributed by atoms with van der Waals surface area (Å²) in [5.41, 5.74) is 0. The van der Waals surface area contributed by atoms with E-state index in [2.05, 4.69) is 4.74 Å². The molecule has 0 amide bonds. The highest BCUT2D eigenvalue weighted by atomic mass is 32.2. The summed E-state index contributed by atoms with van der Waals surface area (Å²) < 4.78 is 28.6. The molecule has 1 aromatic rings. The molecule has 4 nitrogen and oxygen atoms in total. The zero-order valence-electron chi connectivity index (χ0n) is 7.92. The smallest absolute Gasteiger partial charge is 0.307 e. The lowest BCUT2D eigenvalue weighted by Crippen LogP contribution is -2.21. The predicted octanol–water partition coefficient (Wildman–Crippen LogP) is 0.776. The van der Waals surface area contributed by atoms with Gasteiger partial charge in [-0.2, -0.15) is 0 Å². The number of ether oxygens (including phenoxy) is 1. The van der Waals surface area contributed by atoms with Gasteiger partial charge < -0.3 is 4.74 Å². The van der Waals surface area contributed by atoms with Crippen LogP contribution in [0.15, 0.2) is 35.2 Å². The number of sulfone groups is 1. The van der Waals surface area contributed by atoms with Crippen molar-refractivity contribution in [3.8, 4) is 0 Å². The van der Waals surface area contributed by atoms with Crippen LogP contribution < -0.4 is 0 Å². The molecule has 2 rings (SSSR count). The van der Waals surface area contributed by atoms with E-state index >= 15 is 0 Å². The second-order valence-corrected chi connectivity index (χ2v) is 5.60. The first-order valence-electron chi connectivity index (χ1n) is 4.55. The third kappa shape index (κ3) is 1.87. The van der Waals surface area contributed by atoms with Crippen LogP contribution in [-0.4, -0.2) is 26.2 Å². The van der Waals surface area contributed by atoms with Gasteiger partial charge in [-0.3, -0.25) is 4.79 Å². The van der Waals surface area contributed by atoms with Gasteiger partial charge in [0.05, 0.1) is 11.3 Å². The lowest BCUT2D eigenvalue weighted by molar-refractivity contribution is -0.137. The van der Waals surface area contributed by atoms with E-state index in [9.17, 15) is 13.2 Å². The molecular formula is C10H10O4S. The monoisotopic (exact) mass is 226 g/mol. The Hall–Kier alpha value is -1.36. The number of benzene rings is 1. The van der Waals surface area contributed by atoms with Gasteiger partial charge in [-0.1, -0.05) is 18.2 Å². The topological polar surface area (TPSA) is 60.4 Å². The fraction of sp³-hybridized carbons (Fsp3) is 0.300. The Morgan fingerprint density at radius 1 is 1.20 bits per heavy atom. The standard InChI is InChI=1S/C10H10O4S/c11-10-6-9(7-14-10)15(12,13)8-4-2-1-3-5-8/h1-5,9H,6-7H2. The van der Waals surface area contributed by atoms with E-state index < -0.39 is 21.1 Å². The molecule has 1 aromatic carbocycles. The largest absolute Gasteiger partial charge is 0.464 e. The van der Waals surface area contributed by atoms with Crippen LogP contribution in [0, 0.1) is 0 Å². The predicted molar refractivity (Wildman–Crippen MR) is 53.0 cm³/mol. The van der Waals surface area contributed by atoms with Gasteiger partial charge in [-0.05, 0) is 12.1 Å². The summed E-state index contributed by atoms with van der Waals surface area (Å²) in [6.07, 6.45) is -0.0444. The Morgan fingerprint density at radius 2 is 1.87 bits per heavy atom. The number of carbonyl (C=O) groups excluding carboxylic acids is 1. The highest BCUT2D eigenvalue weighted by Crippen LogP contribution is 2.22. The molecule has 1 saturated heterocycles. The average Bonchev–Trinajstić information content (AvgIpc) is 2.67. The van der Waals surface area contributed by atoms with Crippen LogP contribution in [0.25, 0.3) is 0 Å². The highest BCUT2D eigenvalue weighted by molar-refractivity contribution is 7.92. The molecule has 1 heterocycles. The Bertz CT molecular complexity index is 463. The lowest BCUT2D eigenvalue weighted by atomic mass is 10.4. The zero-order valence-corrected chi connectivity index (χ0v) is 8.74. The van der Waals surface area contributed by atoms with Crippen molar-refractivity contribution in [1.29, 1.82) is 0 Å². The summed E-state index contributed by atoms with van der Waals surface area (Å²) in [4.78, 5) is 11.1. The van der Waals surface area contributed by atoms with Crippen LogP contribution in [0.5, 0.6) is 0 Å². The van der Waals surface area contributed by atoms with Crippen LogP contribution in [0.1, 0.15) is 6.42 Å². The summed E-state index contributed by atoms with van der Waals surface area (Å²) >= 11 is 0. The van der Waals surface area contributed by atoms with Crippen molar-refractivity contribution in [3.05, 3.63) is 30.3 Å². The Kier molecular flexibility index (Phi) is 2.48. The zero-order chi connectivity index (χ0) is 10.9. The van der Waals surface area contributed by atoms with Gasteiger partial charge in [0.2, 0.25) is 0 Å². The van der Waals surface area contributed by atoms with E-state index in [-0.39, 0.29) is 17.9 Å². The van der Waals surface area contributed by atoms with Crippen molar-refractivity contribution in [2.45, 2.75) is 16.6 Å². The number of esters is 1. The first-order valence-corrected chi connectivity index (χ1v) is 6.10. The van der Waals surface area contributed by atoms with Gasteiger partial charge in [-0.25, -0.2) is 8.42 Å². The SMILES string of the molecule is O=C1CC(S(=O)(=O)c2ccccc2)CO1. The van der Waals surface area contributed by atoms with Gasteiger partial charge in [0.25, 0.3) is 0 Å². The molecule has 15 heavy (non-hydrogen) atoms. The second-order valence-electron chi connectivity index (χ2n) is 3.37. The maximum Gasteiger partial charge on any atom is 0.307 e. The van der Waals surface area contributed by atoms with Crippen LogP contribution in [0.3, 0.4) is 0 Å². The molecule has 0 N–H and O–H groups in total. The summed E-state index contributed by atoms with van der Waals surface area (Å²) in [6.45, 7) is -0.0317. The Morgan fingerprint density at radius 3 is 2.40 bits per heavy atom. The quantitative estimate of drug-likeness (QED) is 0.699. The Balaban J connectivity index is 2.32. The molecule has 1 fully saturated rings. The number of hydrogen-bond donors (Lipinski definition) is 0. The van der Waals surface area contributed by atoms with Crippen molar-refractivity contribution in [1.82, 2.24) is 0 Å². The van der Waals surface area contributed by atoms with Crippen molar-refractivity contribution in [3.63, 3.8) is 0 Å². The third-order valence-electron chi connectivity index (χ3n) is 2.34. The molecule has 0 radical (unpaired) electrons. The minimum Gasteiger partial charge on any atom is -0.464 e. The van der Waals surface area contributed by atoms with Crippen molar-refractivity contribution in [2.75, 3.05) is 6.61 Å². The first-order chi connectivity index (χ1) is 7.10. The first kappa shape index (κ1) is 10.2. The van der Waals surface area contributed by atoms with E-state index in [0.29, 0.717) is 0 Å². The second kappa shape index (κ2) is 3.66. The molecule has 1 aliphatic rings. The molecule has 80 valence electrons. The average molecular weight is 226 g/mol. The summed E-state index contributed by atoms with van der Waals surface area (Å²) in [5, 5.41) is -0.729. The fourth-order valence-electron chi connectivity index (χ4n) is 1.49. The molecule has 1 unspecified atom stereocenters. The van der Waals surface area contributed by atoms with E-state index in [1.165, 1.54) is 12.1 Å². The maximum absolute atomic E-state index is 11.9. The van der Waals surface area contributed by atoms with Gasteiger partial charge in [0, 0.05) is 0 Å². The number of carbonyl (C=O) groups is 1. The highest BCUT2D eigenvalue weighted by Gasteiger charge is 2.35. The fourth-order valence-corrected chi connectivity index (χ4v) is 3.02. The minimum absolute atomic E-state index is 0.0317. The van der Waals surface area contributed by atoms with Crippen molar-refractivity contribution in [2.24, 2.45) is 0 Å². The van der Waals surface area contributed by atoms with E-state index in [1.807, 2.05) is 0 Å². The number of hydrogen-bond acceptors (Lipinski definition) is 4. The van der Waals surface area contributed by atoms with Crippen LogP contribution in [-0.2, 0) is 19.4 Å². The third-order valence-corrected chi connectivity index (χ3v) is 4.44. The molecule has 1 atom stereocenters. The van der Waals surface area contributed by atoms with Gasteiger partial charge in [-0.15, -0.1) is 0 Å². The molecule has 0 aliphatic carbocycles. The molecule has 1 aliphatic heterocycles. The van der Waals surface area contributed by atoms with E-state index in [1.54, 1.807) is 18.2 Å². The normalized spacial score (nSPS) is 21.3.